The average Bonchev–Trinajstić information content (AvgIpc) is 2.39. The van der Waals surface area contributed by atoms with E-state index in [2.05, 4.69) is 5.32 Å². The lowest BCUT2D eigenvalue weighted by atomic mass is 9.91. The number of nitrogens with zero attached hydrogens (tertiary/aromatic N) is 1. The van der Waals surface area contributed by atoms with E-state index in [0.29, 0.717) is 18.6 Å². The fourth-order valence-electron chi connectivity index (χ4n) is 2.64. The molecule has 0 amide bonds. The summed E-state index contributed by atoms with van der Waals surface area (Å²) in [6, 6.07) is 6.08. The highest BCUT2D eigenvalue weighted by molar-refractivity contribution is 5.44. The van der Waals surface area contributed by atoms with Gasteiger partial charge in [-0.15, -0.1) is 0 Å². The Morgan fingerprint density at radius 2 is 2.05 bits per heavy atom. The summed E-state index contributed by atoms with van der Waals surface area (Å²) in [5, 5.41) is 14.4. The maximum Gasteiger partial charge on any atom is 0.272 e. The molecule has 0 saturated heterocycles. The first-order valence-electron chi connectivity index (χ1n) is 6.79. The molecule has 1 fully saturated rings. The van der Waals surface area contributed by atoms with Gasteiger partial charge in [0.05, 0.1) is 4.92 Å². The van der Waals surface area contributed by atoms with Gasteiger partial charge in [-0.25, -0.2) is 0 Å². The summed E-state index contributed by atoms with van der Waals surface area (Å²) in [6.45, 7) is 2.50. The zero-order valence-electron chi connectivity index (χ0n) is 11.3. The van der Waals surface area contributed by atoms with E-state index in [9.17, 15) is 10.1 Å². The lowest BCUT2D eigenvalue weighted by Crippen LogP contribution is -2.37. The smallest absolute Gasteiger partial charge is 0.272 e. The van der Waals surface area contributed by atoms with Crippen molar-refractivity contribution in [1.29, 1.82) is 0 Å². The third-order valence-corrected chi connectivity index (χ3v) is 3.97. The molecule has 1 aromatic rings. The average molecular weight is 263 g/mol. The van der Waals surface area contributed by atoms with Gasteiger partial charge in [0.2, 0.25) is 0 Å². The van der Waals surface area contributed by atoms with Crippen molar-refractivity contribution in [3.63, 3.8) is 0 Å². The third-order valence-electron chi connectivity index (χ3n) is 3.97. The van der Waals surface area contributed by atoms with Crippen LogP contribution in [0.15, 0.2) is 18.2 Å². The number of nitrogens with two attached hydrogens (primary N) is 1. The van der Waals surface area contributed by atoms with Crippen LogP contribution in [0.1, 0.15) is 36.8 Å². The number of rotatable bonds is 4. The first-order valence-corrected chi connectivity index (χ1v) is 6.79. The van der Waals surface area contributed by atoms with Crippen LogP contribution in [0.4, 0.5) is 5.69 Å². The van der Waals surface area contributed by atoms with Crippen molar-refractivity contribution < 1.29 is 4.92 Å². The summed E-state index contributed by atoms with van der Waals surface area (Å²) < 4.78 is 0. The van der Waals surface area contributed by atoms with Crippen molar-refractivity contribution in [3.8, 4) is 0 Å². The molecule has 1 saturated carbocycles. The van der Waals surface area contributed by atoms with Gasteiger partial charge < -0.3 is 11.1 Å². The molecule has 5 heteroatoms. The summed E-state index contributed by atoms with van der Waals surface area (Å²) in [5.41, 5.74) is 7.84. The zero-order chi connectivity index (χ0) is 13.8. The highest BCUT2D eigenvalue weighted by Crippen LogP contribution is 2.22. The summed E-state index contributed by atoms with van der Waals surface area (Å²) in [6.07, 6.45) is 4.31. The van der Waals surface area contributed by atoms with Gasteiger partial charge in [0, 0.05) is 30.3 Å². The minimum atomic E-state index is -0.321. The molecule has 3 N–H and O–H groups in total. The van der Waals surface area contributed by atoms with E-state index >= 15 is 0 Å². The van der Waals surface area contributed by atoms with Crippen molar-refractivity contribution >= 4 is 5.69 Å². The molecule has 0 bridgehead atoms. The van der Waals surface area contributed by atoms with Crippen molar-refractivity contribution in [2.24, 2.45) is 5.73 Å². The van der Waals surface area contributed by atoms with Crippen LogP contribution in [-0.2, 0) is 6.54 Å². The van der Waals surface area contributed by atoms with Gasteiger partial charge in [-0.2, -0.15) is 0 Å². The predicted molar refractivity (Wildman–Crippen MR) is 74.9 cm³/mol. The van der Waals surface area contributed by atoms with Gasteiger partial charge in [0.15, 0.2) is 0 Å². The Kier molecular flexibility index (Phi) is 4.50. The standard InChI is InChI=1S/C14H21N3O2/c1-10-11(3-2-4-14(10)17(18)19)9-16-13-7-5-12(15)6-8-13/h2-4,12-13,16H,5-9,15H2,1H3. The fourth-order valence-corrected chi connectivity index (χ4v) is 2.64. The highest BCUT2D eigenvalue weighted by Gasteiger charge is 2.19. The first kappa shape index (κ1) is 14.0. The molecule has 2 rings (SSSR count). The maximum atomic E-state index is 10.9. The van der Waals surface area contributed by atoms with Crippen molar-refractivity contribution in [2.75, 3.05) is 0 Å². The molecular formula is C14H21N3O2. The second-order valence-corrected chi connectivity index (χ2v) is 5.31. The molecule has 0 radical (unpaired) electrons. The minimum Gasteiger partial charge on any atom is -0.328 e. The Labute approximate surface area is 113 Å². The minimum absolute atomic E-state index is 0.199. The molecule has 0 spiro atoms. The van der Waals surface area contributed by atoms with Gasteiger partial charge in [0.1, 0.15) is 0 Å². The van der Waals surface area contributed by atoms with E-state index in [-0.39, 0.29) is 10.6 Å². The maximum absolute atomic E-state index is 10.9. The third kappa shape index (κ3) is 3.52. The number of hydrogen-bond donors (Lipinski definition) is 2. The predicted octanol–water partition coefficient (Wildman–Crippen LogP) is 2.26. The Bertz CT molecular complexity index is 454. The van der Waals surface area contributed by atoms with Crippen molar-refractivity contribution in [3.05, 3.63) is 39.4 Å². The summed E-state index contributed by atoms with van der Waals surface area (Å²) >= 11 is 0. The summed E-state index contributed by atoms with van der Waals surface area (Å²) in [5.74, 6) is 0. The van der Waals surface area contributed by atoms with Crippen LogP contribution in [0, 0.1) is 17.0 Å². The van der Waals surface area contributed by atoms with Crippen LogP contribution in [0.3, 0.4) is 0 Å². The highest BCUT2D eigenvalue weighted by atomic mass is 16.6. The summed E-state index contributed by atoms with van der Waals surface area (Å²) in [4.78, 5) is 10.6. The molecule has 0 aliphatic heterocycles. The fraction of sp³-hybridized carbons (Fsp3) is 0.571. The Hall–Kier alpha value is -1.46. The van der Waals surface area contributed by atoms with Crippen LogP contribution in [-0.4, -0.2) is 17.0 Å². The monoisotopic (exact) mass is 263 g/mol. The normalized spacial score (nSPS) is 23.3. The van der Waals surface area contributed by atoms with Crippen LogP contribution < -0.4 is 11.1 Å². The number of nitro benzene ring substituents is 1. The van der Waals surface area contributed by atoms with Gasteiger partial charge in [-0.1, -0.05) is 12.1 Å². The second-order valence-electron chi connectivity index (χ2n) is 5.31. The molecule has 1 aliphatic rings. The second kappa shape index (κ2) is 6.12. The van der Waals surface area contributed by atoms with Crippen molar-refractivity contribution in [2.45, 2.75) is 51.2 Å². The SMILES string of the molecule is Cc1c(CNC2CCC(N)CC2)cccc1[N+](=O)[O-]. The molecule has 104 valence electrons. The van der Waals surface area contributed by atoms with E-state index < -0.39 is 0 Å². The number of nitrogens with one attached hydrogen (secondary N) is 1. The van der Waals surface area contributed by atoms with Gasteiger partial charge in [-0.05, 0) is 38.2 Å². The Balaban J connectivity index is 1.96. The molecular weight excluding hydrogens is 242 g/mol. The van der Waals surface area contributed by atoms with Crippen LogP contribution in [0.2, 0.25) is 0 Å². The van der Waals surface area contributed by atoms with E-state index in [1.54, 1.807) is 12.1 Å². The van der Waals surface area contributed by atoms with Gasteiger partial charge in [-0.3, -0.25) is 10.1 Å². The lowest BCUT2D eigenvalue weighted by molar-refractivity contribution is -0.385. The van der Waals surface area contributed by atoms with E-state index in [4.69, 9.17) is 5.73 Å². The van der Waals surface area contributed by atoms with Crippen LogP contribution >= 0.6 is 0 Å². The quantitative estimate of drug-likeness (QED) is 0.645. The lowest BCUT2D eigenvalue weighted by Gasteiger charge is -2.27. The topological polar surface area (TPSA) is 81.2 Å². The van der Waals surface area contributed by atoms with Crippen LogP contribution in [0.5, 0.6) is 0 Å². The zero-order valence-corrected chi connectivity index (χ0v) is 11.3. The Morgan fingerprint density at radius 3 is 2.68 bits per heavy atom. The largest absolute Gasteiger partial charge is 0.328 e. The molecule has 0 unspecified atom stereocenters. The molecule has 1 aliphatic carbocycles. The summed E-state index contributed by atoms with van der Waals surface area (Å²) in [7, 11) is 0. The number of benzene rings is 1. The Morgan fingerprint density at radius 1 is 1.37 bits per heavy atom. The van der Waals surface area contributed by atoms with Gasteiger partial charge >= 0.3 is 0 Å². The molecule has 1 aromatic carbocycles. The molecule has 0 atom stereocenters. The first-order chi connectivity index (χ1) is 9.08. The van der Waals surface area contributed by atoms with Crippen molar-refractivity contribution in [1.82, 2.24) is 5.32 Å². The van der Waals surface area contributed by atoms with E-state index in [0.717, 1.165) is 36.8 Å². The number of hydrogen-bond acceptors (Lipinski definition) is 4. The molecule has 0 aromatic heterocycles. The van der Waals surface area contributed by atoms with Gasteiger partial charge in [0.25, 0.3) is 5.69 Å². The molecule has 19 heavy (non-hydrogen) atoms. The molecule has 5 nitrogen and oxygen atoms in total. The molecule has 0 heterocycles. The van der Waals surface area contributed by atoms with E-state index in [1.807, 2.05) is 13.0 Å². The van der Waals surface area contributed by atoms with E-state index in [1.165, 1.54) is 0 Å². The van der Waals surface area contributed by atoms with Crippen LogP contribution in [0.25, 0.3) is 0 Å². The number of nitro groups is 1.